The average Bonchev–Trinajstić information content (AvgIpc) is 3.10. The Labute approximate surface area is 163 Å². The summed E-state index contributed by atoms with van der Waals surface area (Å²) in [5.41, 5.74) is 3.75. The Bertz CT molecular complexity index is 909. The number of amides is 1. The van der Waals surface area contributed by atoms with Crippen LogP contribution in [0.4, 0.5) is 4.39 Å². The summed E-state index contributed by atoms with van der Waals surface area (Å²) in [4.78, 5) is 16.9. The fourth-order valence-electron chi connectivity index (χ4n) is 2.67. The first kappa shape index (κ1) is 19.2. The summed E-state index contributed by atoms with van der Waals surface area (Å²) >= 11 is 1.52. The molecule has 0 bridgehead atoms. The first-order chi connectivity index (χ1) is 12.8. The second kappa shape index (κ2) is 8.01. The number of rotatable bonds is 5. The Morgan fingerprint density at radius 2 is 1.74 bits per heavy atom. The molecular formula is C22H23FN2OS. The molecule has 5 heteroatoms. The Kier molecular flexibility index (Phi) is 5.71. The number of hydrogen-bond donors (Lipinski definition) is 1. The van der Waals surface area contributed by atoms with Crippen LogP contribution in [0.3, 0.4) is 0 Å². The molecule has 1 heterocycles. The highest BCUT2D eigenvalue weighted by atomic mass is 32.1. The van der Waals surface area contributed by atoms with Crippen LogP contribution < -0.4 is 5.32 Å². The van der Waals surface area contributed by atoms with E-state index in [2.05, 4.69) is 31.1 Å². The molecule has 0 fully saturated rings. The lowest BCUT2D eigenvalue weighted by molar-refractivity contribution is 0.0954. The van der Waals surface area contributed by atoms with Gasteiger partial charge in [-0.05, 0) is 47.4 Å². The molecule has 0 aliphatic rings. The largest absolute Gasteiger partial charge is 0.352 e. The van der Waals surface area contributed by atoms with Gasteiger partial charge in [0, 0.05) is 29.5 Å². The van der Waals surface area contributed by atoms with Crippen LogP contribution in [0.2, 0.25) is 0 Å². The minimum Gasteiger partial charge on any atom is -0.352 e. The van der Waals surface area contributed by atoms with Crippen LogP contribution in [0.1, 0.15) is 42.4 Å². The summed E-state index contributed by atoms with van der Waals surface area (Å²) in [6, 6.07) is 14.1. The van der Waals surface area contributed by atoms with Crippen molar-refractivity contribution >= 4 is 17.2 Å². The zero-order valence-electron chi connectivity index (χ0n) is 15.8. The standard InChI is InChI=1S/C22H23FN2OS/c1-22(2,3)17-8-4-15(5-9-17)20(26)24-13-12-19-14-27-21(25-19)16-6-10-18(23)11-7-16/h4-11,14H,12-13H2,1-3H3,(H,24,26). The maximum Gasteiger partial charge on any atom is 0.251 e. The molecule has 3 rings (SSSR count). The normalized spacial score (nSPS) is 11.4. The van der Waals surface area contributed by atoms with Crippen molar-refractivity contribution in [1.29, 1.82) is 0 Å². The number of carbonyl (C=O) groups excluding carboxylic acids is 1. The van der Waals surface area contributed by atoms with E-state index in [1.165, 1.54) is 29.0 Å². The summed E-state index contributed by atoms with van der Waals surface area (Å²) in [5, 5.41) is 5.77. The van der Waals surface area contributed by atoms with Crippen LogP contribution in [0.15, 0.2) is 53.9 Å². The molecule has 0 saturated heterocycles. The lowest BCUT2D eigenvalue weighted by Gasteiger charge is -2.19. The molecule has 27 heavy (non-hydrogen) atoms. The predicted octanol–water partition coefficient (Wildman–Crippen LogP) is 5.22. The monoisotopic (exact) mass is 382 g/mol. The van der Waals surface area contributed by atoms with Crippen molar-refractivity contribution in [3.8, 4) is 10.6 Å². The second-order valence-corrected chi connectivity index (χ2v) is 8.34. The third kappa shape index (κ3) is 5.01. The maximum absolute atomic E-state index is 13.0. The summed E-state index contributed by atoms with van der Waals surface area (Å²) < 4.78 is 13.0. The summed E-state index contributed by atoms with van der Waals surface area (Å²) in [5.74, 6) is -0.335. The average molecular weight is 383 g/mol. The van der Waals surface area contributed by atoms with E-state index in [4.69, 9.17) is 0 Å². The van der Waals surface area contributed by atoms with Crippen LogP contribution in [0.5, 0.6) is 0 Å². The highest BCUT2D eigenvalue weighted by Gasteiger charge is 2.14. The topological polar surface area (TPSA) is 42.0 Å². The molecule has 3 aromatic rings. The van der Waals surface area contributed by atoms with E-state index in [9.17, 15) is 9.18 Å². The highest BCUT2D eigenvalue weighted by Crippen LogP contribution is 2.24. The molecule has 140 valence electrons. The molecule has 0 saturated carbocycles. The van der Waals surface area contributed by atoms with Gasteiger partial charge in [-0.3, -0.25) is 4.79 Å². The lowest BCUT2D eigenvalue weighted by atomic mass is 9.87. The van der Waals surface area contributed by atoms with E-state index in [0.29, 0.717) is 18.5 Å². The number of benzene rings is 2. The SMILES string of the molecule is CC(C)(C)c1ccc(C(=O)NCCc2csc(-c3ccc(F)cc3)n2)cc1. The van der Waals surface area contributed by atoms with Gasteiger partial charge >= 0.3 is 0 Å². The number of nitrogens with one attached hydrogen (secondary N) is 1. The van der Waals surface area contributed by atoms with Crippen molar-refractivity contribution in [2.45, 2.75) is 32.6 Å². The molecule has 0 aliphatic heterocycles. The van der Waals surface area contributed by atoms with E-state index in [0.717, 1.165) is 16.3 Å². The molecule has 1 N–H and O–H groups in total. The van der Waals surface area contributed by atoms with Gasteiger partial charge in [0.15, 0.2) is 0 Å². The smallest absolute Gasteiger partial charge is 0.251 e. The summed E-state index contributed by atoms with van der Waals surface area (Å²) in [7, 11) is 0. The zero-order chi connectivity index (χ0) is 19.4. The summed E-state index contributed by atoms with van der Waals surface area (Å²) in [6.07, 6.45) is 0.656. The Hall–Kier alpha value is -2.53. The molecular weight excluding hydrogens is 359 g/mol. The molecule has 3 nitrogen and oxygen atoms in total. The van der Waals surface area contributed by atoms with E-state index in [-0.39, 0.29) is 17.1 Å². The third-order valence-electron chi connectivity index (χ3n) is 4.32. The van der Waals surface area contributed by atoms with Crippen LogP contribution >= 0.6 is 11.3 Å². The Morgan fingerprint density at radius 3 is 2.37 bits per heavy atom. The first-order valence-corrected chi connectivity index (χ1v) is 9.80. The molecule has 2 aromatic carbocycles. The molecule has 1 amide bonds. The third-order valence-corrected chi connectivity index (χ3v) is 5.26. The fraction of sp³-hybridized carbons (Fsp3) is 0.273. The fourth-order valence-corrected chi connectivity index (χ4v) is 3.53. The molecule has 0 atom stereocenters. The van der Waals surface area contributed by atoms with E-state index in [1.54, 1.807) is 12.1 Å². The van der Waals surface area contributed by atoms with E-state index < -0.39 is 0 Å². The molecule has 0 aliphatic carbocycles. The van der Waals surface area contributed by atoms with Gasteiger partial charge in [0.25, 0.3) is 5.91 Å². The van der Waals surface area contributed by atoms with Crippen molar-refractivity contribution < 1.29 is 9.18 Å². The zero-order valence-corrected chi connectivity index (χ0v) is 16.6. The van der Waals surface area contributed by atoms with Gasteiger partial charge in [0.05, 0.1) is 5.69 Å². The van der Waals surface area contributed by atoms with Crippen LogP contribution in [0, 0.1) is 5.82 Å². The summed E-state index contributed by atoms with van der Waals surface area (Å²) in [6.45, 7) is 6.97. The second-order valence-electron chi connectivity index (χ2n) is 7.48. The van der Waals surface area contributed by atoms with E-state index >= 15 is 0 Å². The predicted molar refractivity (Wildman–Crippen MR) is 109 cm³/mol. The van der Waals surface area contributed by atoms with Crippen LogP contribution in [-0.2, 0) is 11.8 Å². The number of nitrogens with zero attached hydrogens (tertiary/aromatic N) is 1. The molecule has 0 spiro atoms. The number of aromatic nitrogens is 1. The van der Waals surface area contributed by atoms with Gasteiger partial charge in [-0.15, -0.1) is 11.3 Å². The van der Waals surface area contributed by atoms with Gasteiger partial charge in [0.2, 0.25) is 0 Å². The van der Waals surface area contributed by atoms with Crippen molar-refractivity contribution in [3.05, 3.63) is 76.5 Å². The van der Waals surface area contributed by atoms with Crippen LogP contribution in [-0.4, -0.2) is 17.4 Å². The number of thiazole rings is 1. The Balaban J connectivity index is 1.54. The number of halogens is 1. The number of hydrogen-bond acceptors (Lipinski definition) is 3. The van der Waals surface area contributed by atoms with Crippen molar-refractivity contribution in [1.82, 2.24) is 10.3 Å². The van der Waals surface area contributed by atoms with Gasteiger partial charge < -0.3 is 5.32 Å². The van der Waals surface area contributed by atoms with Crippen LogP contribution in [0.25, 0.3) is 10.6 Å². The quantitative estimate of drug-likeness (QED) is 0.657. The van der Waals surface area contributed by atoms with E-state index in [1.807, 2.05) is 29.6 Å². The number of carbonyl (C=O) groups is 1. The lowest BCUT2D eigenvalue weighted by Crippen LogP contribution is -2.25. The Morgan fingerprint density at radius 1 is 1.07 bits per heavy atom. The van der Waals surface area contributed by atoms with Gasteiger partial charge in [-0.25, -0.2) is 9.37 Å². The van der Waals surface area contributed by atoms with Crippen molar-refractivity contribution in [3.63, 3.8) is 0 Å². The molecule has 1 aromatic heterocycles. The maximum atomic E-state index is 13.0. The highest BCUT2D eigenvalue weighted by molar-refractivity contribution is 7.13. The molecule has 0 radical (unpaired) electrons. The minimum absolute atomic E-state index is 0.0713. The van der Waals surface area contributed by atoms with Gasteiger partial charge in [-0.1, -0.05) is 32.9 Å². The minimum atomic E-state index is -0.256. The first-order valence-electron chi connectivity index (χ1n) is 8.92. The van der Waals surface area contributed by atoms with Gasteiger partial charge in [-0.2, -0.15) is 0 Å². The van der Waals surface area contributed by atoms with Crippen molar-refractivity contribution in [2.75, 3.05) is 6.54 Å². The van der Waals surface area contributed by atoms with Gasteiger partial charge in [0.1, 0.15) is 10.8 Å². The molecule has 0 unspecified atom stereocenters. The van der Waals surface area contributed by atoms with Crippen molar-refractivity contribution in [2.24, 2.45) is 0 Å².